The standard InChI is InChI=1S/C15H17FO/c1-2-10-15(11-4-3-5-14(15)17)12-6-8-13(16)9-7-12/h2,6-9H,1,3-5,10-11H2/t15-/m0/s1. The van der Waals surface area contributed by atoms with E-state index in [1.807, 2.05) is 0 Å². The van der Waals surface area contributed by atoms with Gasteiger partial charge in [-0.2, -0.15) is 0 Å². The maximum absolute atomic E-state index is 13.0. The number of hydrogen-bond acceptors (Lipinski definition) is 1. The third kappa shape index (κ3) is 2.17. The predicted molar refractivity (Wildman–Crippen MR) is 66.4 cm³/mol. The van der Waals surface area contributed by atoms with Gasteiger partial charge in [-0.05, 0) is 37.0 Å². The Hall–Kier alpha value is -1.44. The van der Waals surface area contributed by atoms with Crippen LogP contribution in [0.5, 0.6) is 0 Å². The molecular formula is C15H17FO. The fourth-order valence-electron chi connectivity index (χ4n) is 2.75. The number of benzene rings is 1. The highest BCUT2D eigenvalue weighted by Gasteiger charge is 2.39. The van der Waals surface area contributed by atoms with Gasteiger partial charge in [0.05, 0.1) is 5.41 Å². The zero-order chi connectivity index (χ0) is 12.3. The summed E-state index contributed by atoms with van der Waals surface area (Å²) in [4.78, 5) is 12.3. The van der Waals surface area contributed by atoms with Crippen LogP contribution in [0.25, 0.3) is 0 Å². The summed E-state index contributed by atoms with van der Waals surface area (Å²) in [6.45, 7) is 3.75. The SMILES string of the molecule is C=CC[C@@]1(c2ccc(F)cc2)CCCCC1=O. The summed E-state index contributed by atoms with van der Waals surface area (Å²) in [5.41, 5.74) is 0.483. The highest BCUT2D eigenvalue weighted by molar-refractivity contribution is 5.91. The Morgan fingerprint density at radius 3 is 2.59 bits per heavy atom. The Morgan fingerprint density at radius 2 is 2.00 bits per heavy atom. The van der Waals surface area contributed by atoms with Crippen molar-refractivity contribution in [2.45, 2.75) is 37.5 Å². The van der Waals surface area contributed by atoms with E-state index in [1.165, 1.54) is 12.1 Å². The van der Waals surface area contributed by atoms with Crippen LogP contribution in [0.1, 0.15) is 37.7 Å². The fourth-order valence-corrected chi connectivity index (χ4v) is 2.75. The molecule has 2 heteroatoms. The lowest BCUT2D eigenvalue weighted by Crippen LogP contribution is -2.38. The molecular weight excluding hydrogens is 215 g/mol. The number of halogens is 1. The number of hydrogen-bond donors (Lipinski definition) is 0. The third-order valence-corrected chi connectivity index (χ3v) is 3.68. The van der Waals surface area contributed by atoms with Crippen LogP contribution in [0.2, 0.25) is 0 Å². The van der Waals surface area contributed by atoms with Crippen molar-refractivity contribution in [2.24, 2.45) is 0 Å². The number of ketones is 1. The first-order valence-electron chi connectivity index (χ1n) is 6.09. The zero-order valence-electron chi connectivity index (χ0n) is 9.92. The van der Waals surface area contributed by atoms with E-state index in [2.05, 4.69) is 6.58 Å². The molecule has 17 heavy (non-hydrogen) atoms. The van der Waals surface area contributed by atoms with Crippen LogP contribution in [0.15, 0.2) is 36.9 Å². The molecule has 1 aromatic rings. The average Bonchev–Trinajstić information content (AvgIpc) is 2.33. The van der Waals surface area contributed by atoms with E-state index < -0.39 is 5.41 Å². The summed E-state index contributed by atoms with van der Waals surface area (Å²) in [6, 6.07) is 6.34. The molecule has 1 nitrogen and oxygen atoms in total. The van der Waals surface area contributed by atoms with Crippen LogP contribution in [0.3, 0.4) is 0 Å². The summed E-state index contributed by atoms with van der Waals surface area (Å²) in [5, 5.41) is 0. The lowest BCUT2D eigenvalue weighted by atomic mass is 9.66. The molecule has 0 radical (unpaired) electrons. The van der Waals surface area contributed by atoms with Crippen molar-refractivity contribution >= 4 is 5.78 Å². The van der Waals surface area contributed by atoms with Crippen LogP contribution in [0, 0.1) is 5.82 Å². The summed E-state index contributed by atoms with van der Waals surface area (Å²) in [6.07, 6.45) is 5.95. The number of Topliss-reactive ketones (excluding diaryl/α,β-unsaturated/α-hetero) is 1. The summed E-state index contributed by atoms with van der Waals surface area (Å²) < 4.78 is 13.0. The minimum atomic E-state index is -0.451. The van der Waals surface area contributed by atoms with Gasteiger partial charge in [-0.15, -0.1) is 6.58 Å². The van der Waals surface area contributed by atoms with E-state index in [1.54, 1.807) is 18.2 Å². The number of allylic oxidation sites excluding steroid dienone is 1. The molecule has 0 bridgehead atoms. The van der Waals surface area contributed by atoms with Crippen molar-refractivity contribution in [2.75, 3.05) is 0 Å². The second-order valence-electron chi connectivity index (χ2n) is 4.71. The van der Waals surface area contributed by atoms with Crippen molar-refractivity contribution < 1.29 is 9.18 Å². The molecule has 2 rings (SSSR count). The average molecular weight is 232 g/mol. The minimum Gasteiger partial charge on any atom is -0.299 e. The lowest BCUT2D eigenvalue weighted by molar-refractivity contribution is -0.126. The van der Waals surface area contributed by atoms with Gasteiger partial charge < -0.3 is 0 Å². The molecule has 0 aromatic heterocycles. The second kappa shape index (κ2) is 4.82. The molecule has 1 aliphatic rings. The van der Waals surface area contributed by atoms with E-state index in [0.29, 0.717) is 12.8 Å². The number of rotatable bonds is 3. The van der Waals surface area contributed by atoms with E-state index >= 15 is 0 Å². The van der Waals surface area contributed by atoms with Crippen LogP contribution in [0.4, 0.5) is 4.39 Å². The van der Waals surface area contributed by atoms with E-state index in [4.69, 9.17) is 0 Å². The first-order valence-corrected chi connectivity index (χ1v) is 6.09. The van der Waals surface area contributed by atoms with E-state index in [-0.39, 0.29) is 11.6 Å². The molecule has 0 heterocycles. The first-order chi connectivity index (χ1) is 8.19. The quantitative estimate of drug-likeness (QED) is 0.725. The highest BCUT2D eigenvalue weighted by Crippen LogP contribution is 2.39. The maximum atomic E-state index is 13.0. The summed E-state index contributed by atoms with van der Waals surface area (Å²) >= 11 is 0. The van der Waals surface area contributed by atoms with Crippen LogP contribution < -0.4 is 0 Å². The predicted octanol–water partition coefficient (Wildman–Crippen LogP) is 3.78. The normalized spacial score (nSPS) is 24.6. The van der Waals surface area contributed by atoms with E-state index in [9.17, 15) is 9.18 Å². The molecule has 1 aromatic carbocycles. The minimum absolute atomic E-state index is 0.259. The zero-order valence-corrected chi connectivity index (χ0v) is 9.92. The Kier molecular flexibility index (Phi) is 3.41. The molecule has 0 spiro atoms. The molecule has 90 valence electrons. The molecule has 0 N–H and O–H groups in total. The van der Waals surface area contributed by atoms with Crippen molar-refractivity contribution in [1.29, 1.82) is 0 Å². The molecule has 0 unspecified atom stereocenters. The second-order valence-corrected chi connectivity index (χ2v) is 4.71. The van der Waals surface area contributed by atoms with Crippen LogP contribution in [-0.2, 0) is 10.2 Å². The van der Waals surface area contributed by atoms with Crippen molar-refractivity contribution in [3.63, 3.8) is 0 Å². The highest BCUT2D eigenvalue weighted by atomic mass is 19.1. The molecule has 1 aliphatic carbocycles. The Morgan fingerprint density at radius 1 is 1.29 bits per heavy atom. The van der Waals surface area contributed by atoms with Crippen molar-refractivity contribution in [3.05, 3.63) is 48.3 Å². The van der Waals surface area contributed by atoms with Gasteiger partial charge in [-0.3, -0.25) is 4.79 Å². The van der Waals surface area contributed by atoms with Gasteiger partial charge in [-0.1, -0.05) is 24.6 Å². The van der Waals surface area contributed by atoms with Gasteiger partial charge in [0.25, 0.3) is 0 Å². The molecule has 0 amide bonds. The van der Waals surface area contributed by atoms with Gasteiger partial charge in [-0.25, -0.2) is 4.39 Å². The fraction of sp³-hybridized carbons (Fsp3) is 0.400. The van der Waals surface area contributed by atoms with Gasteiger partial charge in [0.15, 0.2) is 0 Å². The molecule has 0 aliphatic heterocycles. The number of carbonyl (C=O) groups excluding carboxylic acids is 1. The Balaban J connectivity index is 2.42. The summed E-state index contributed by atoms with van der Waals surface area (Å²) in [5.74, 6) is 0.0148. The molecule has 1 saturated carbocycles. The smallest absolute Gasteiger partial charge is 0.143 e. The first kappa shape index (κ1) is 12.0. The van der Waals surface area contributed by atoms with Crippen molar-refractivity contribution in [3.8, 4) is 0 Å². The Labute approximate surface area is 101 Å². The molecule has 1 fully saturated rings. The van der Waals surface area contributed by atoms with Crippen LogP contribution in [-0.4, -0.2) is 5.78 Å². The van der Waals surface area contributed by atoms with Gasteiger partial charge in [0, 0.05) is 6.42 Å². The lowest BCUT2D eigenvalue weighted by Gasteiger charge is -2.35. The maximum Gasteiger partial charge on any atom is 0.143 e. The molecule has 1 atom stereocenters. The molecule has 0 saturated heterocycles. The topological polar surface area (TPSA) is 17.1 Å². The van der Waals surface area contributed by atoms with Crippen LogP contribution >= 0.6 is 0 Å². The largest absolute Gasteiger partial charge is 0.299 e. The van der Waals surface area contributed by atoms with Gasteiger partial charge in [0.2, 0.25) is 0 Å². The van der Waals surface area contributed by atoms with Gasteiger partial charge in [0.1, 0.15) is 11.6 Å². The monoisotopic (exact) mass is 232 g/mol. The third-order valence-electron chi connectivity index (χ3n) is 3.68. The van der Waals surface area contributed by atoms with Gasteiger partial charge >= 0.3 is 0 Å². The van der Waals surface area contributed by atoms with Crippen molar-refractivity contribution in [1.82, 2.24) is 0 Å². The number of carbonyl (C=O) groups is 1. The Bertz CT molecular complexity index is 421. The summed E-state index contributed by atoms with van der Waals surface area (Å²) in [7, 11) is 0. The van der Waals surface area contributed by atoms with E-state index in [0.717, 1.165) is 24.8 Å².